The molecule has 0 bridgehead atoms. The van der Waals surface area contributed by atoms with Gasteiger partial charge in [0.2, 0.25) is 0 Å². The first-order valence-corrected chi connectivity index (χ1v) is 14.3. The van der Waals surface area contributed by atoms with Crippen LogP contribution >= 0.6 is 7.60 Å². The Morgan fingerprint density at radius 2 is 1.23 bits per heavy atom. The van der Waals surface area contributed by atoms with Gasteiger partial charge >= 0.3 is 7.60 Å². The molecule has 180 valence electrons. The zero-order valence-electron chi connectivity index (χ0n) is 20.9. The van der Waals surface area contributed by atoms with Crippen molar-refractivity contribution in [2.45, 2.75) is 122 Å². The molecule has 0 heterocycles. The first-order valence-electron chi connectivity index (χ1n) is 12.7. The summed E-state index contributed by atoms with van der Waals surface area (Å²) in [7, 11) is 2.35. The van der Waals surface area contributed by atoms with Gasteiger partial charge < -0.3 is 13.9 Å². The van der Waals surface area contributed by atoms with Crippen molar-refractivity contribution >= 4 is 7.60 Å². The van der Waals surface area contributed by atoms with Crippen LogP contribution in [-0.4, -0.2) is 42.9 Å². The van der Waals surface area contributed by atoms with E-state index in [1.54, 1.807) is 0 Å². The third-order valence-corrected chi connectivity index (χ3v) is 8.01. The smallest absolute Gasteiger partial charge is 0.320 e. The molecule has 0 amide bonds. The first kappa shape index (κ1) is 29.9. The molecular formula is C25H53NO3P+. The lowest BCUT2D eigenvalue weighted by Crippen LogP contribution is -2.45. The Hall–Kier alpha value is -0.150. The summed E-state index contributed by atoms with van der Waals surface area (Å²) in [5, 5.41) is 0. The highest BCUT2D eigenvalue weighted by atomic mass is 31.2. The van der Waals surface area contributed by atoms with E-state index in [2.05, 4.69) is 26.0 Å². The second-order valence-electron chi connectivity index (χ2n) is 9.72. The third kappa shape index (κ3) is 16.5. The average molecular weight is 447 g/mol. The highest BCUT2D eigenvalue weighted by Crippen LogP contribution is 2.51. The van der Waals surface area contributed by atoms with Crippen molar-refractivity contribution in [3.05, 3.63) is 12.2 Å². The van der Waals surface area contributed by atoms with Crippen molar-refractivity contribution < 1.29 is 18.5 Å². The molecule has 2 atom stereocenters. The van der Waals surface area contributed by atoms with Crippen LogP contribution in [0.4, 0.5) is 0 Å². The van der Waals surface area contributed by atoms with Gasteiger partial charge in [-0.2, -0.15) is 0 Å². The van der Waals surface area contributed by atoms with Crippen molar-refractivity contribution in [3.63, 3.8) is 0 Å². The fraction of sp³-hybridized carbons (Fsp3) is 0.920. The molecule has 2 unspecified atom stereocenters. The topological polar surface area (TPSA) is 46.5 Å². The number of nitrogens with zero attached hydrogens (tertiary/aromatic N) is 1. The zero-order chi connectivity index (χ0) is 22.7. The number of allylic oxidation sites excluding steroid dienone is 2. The van der Waals surface area contributed by atoms with E-state index >= 15 is 0 Å². The van der Waals surface area contributed by atoms with Gasteiger partial charge in [-0.1, -0.05) is 83.8 Å². The fourth-order valence-corrected chi connectivity index (χ4v) is 5.90. The first-order chi connectivity index (χ1) is 14.3. The molecule has 1 N–H and O–H groups in total. The molecule has 0 aromatic heterocycles. The van der Waals surface area contributed by atoms with Crippen molar-refractivity contribution in [3.8, 4) is 0 Å². The number of unbranched alkanes of at least 4 members (excludes halogenated alkanes) is 12. The van der Waals surface area contributed by atoms with Crippen LogP contribution in [0.1, 0.15) is 117 Å². The Morgan fingerprint density at radius 1 is 0.767 bits per heavy atom. The van der Waals surface area contributed by atoms with Crippen LogP contribution in [0.15, 0.2) is 12.2 Å². The predicted octanol–water partition coefficient (Wildman–Crippen LogP) is 8.06. The standard InChI is InChI=1S/C25H52NO3P/c1-6-8-9-10-11-12-13-14-15-16-17-18-19-20-21-22-24-29-30(27,28)25(23-7-2)26(3,4)5/h12-13,25H,6-11,14-24H2,1-5H3/p+1. The molecule has 0 aliphatic carbocycles. The van der Waals surface area contributed by atoms with Crippen LogP contribution in [0, 0.1) is 0 Å². The van der Waals surface area contributed by atoms with E-state index in [1.807, 2.05) is 21.1 Å². The lowest BCUT2D eigenvalue weighted by molar-refractivity contribution is -0.883. The molecule has 0 aromatic rings. The van der Waals surface area contributed by atoms with Crippen molar-refractivity contribution in [2.75, 3.05) is 27.7 Å². The third-order valence-electron chi connectivity index (χ3n) is 5.75. The van der Waals surface area contributed by atoms with Crippen molar-refractivity contribution in [1.82, 2.24) is 0 Å². The van der Waals surface area contributed by atoms with Crippen LogP contribution in [0.25, 0.3) is 0 Å². The molecule has 0 spiro atoms. The molecule has 0 saturated heterocycles. The number of hydrogen-bond donors (Lipinski definition) is 1. The number of rotatable bonds is 21. The quantitative estimate of drug-likeness (QED) is 0.0839. The lowest BCUT2D eigenvalue weighted by Gasteiger charge is -2.35. The Kier molecular flexibility index (Phi) is 18.3. The van der Waals surface area contributed by atoms with Crippen LogP contribution < -0.4 is 0 Å². The summed E-state index contributed by atoms with van der Waals surface area (Å²) in [6.07, 6.45) is 24.0. The Morgan fingerprint density at radius 3 is 1.70 bits per heavy atom. The summed E-state index contributed by atoms with van der Waals surface area (Å²) in [6.45, 7) is 4.71. The van der Waals surface area contributed by atoms with Crippen LogP contribution in [0.3, 0.4) is 0 Å². The van der Waals surface area contributed by atoms with E-state index in [9.17, 15) is 9.46 Å². The van der Waals surface area contributed by atoms with Crippen LogP contribution in [-0.2, 0) is 9.09 Å². The van der Waals surface area contributed by atoms with Crippen LogP contribution in [0.2, 0.25) is 0 Å². The minimum Gasteiger partial charge on any atom is -0.320 e. The molecule has 0 rings (SSSR count). The number of hydrogen-bond acceptors (Lipinski definition) is 2. The highest BCUT2D eigenvalue weighted by molar-refractivity contribution is 7.53. The predicted molar refractivity (Wildman–Crippen MR) is 132 cm³/mol. The number of quaternary nitrogens is 1. The zero-order valence-corrected chi connectivity index (χ0v) is 21.8. The van der Waals surface area contributed by atoms with Gasteiger partial charge in [-0.3, -0.25) is 4.57 Å². The molecule has 0 aliphatic heterocycles. The average Bonchev–Trinajstić information content (AvgIpc) is 2.67. The van der Waals surface area contributed by atoms with Gasteiger partial charge in [-0.25, -0.2) is 0 Å². The molecule has 0 fully saturated rings. The lowest BCUT2D eigenvalue weighted by atomic mass is 10.1. The van der Waals surface area contributed by atoms with E-state index in [4.69, 9.17) is 4.52 Å². The molecule has 0 saturated carbocycles. The fourth-order valence-electron chi connectivity index (χ4n) is 3.88. The molecule has 4 nitrogen and oxygen atoms in total. The van der Waals surface area contributed by atoms with Gasteiger partial charge in [0, 0.05) is 6.42 Å². The maximum absolute atomic E-state index is 12.6. The van der Waals surface area contributed by atoms with Crippen molar-refractivity contribution in [1.29, 1.82) is 0 Å². The molecular weight excluding hydrogens is 393 g/mol. The molecule has 0 radical (unpaired) electrons. The maximum atomic E-state index is 12.6. The summed E-state index contributed by atoms with van der Waals surface area (Å²) >= 11 is 0. The van der Waals surface area contributed by atoms with E-state index in [1.165, 1.54) is 77.0 Å². The SMILES string of the molecule is CCCCCCC=CCCCCCCCCCCOP(=O)(O)C(CCC)[N+](C)(C)C. The highest BCUT2D eigenvalue weighted by Gasteiger charge is 2.41. The second kappa shape index (κ2) is 18.4. The van der Waals surface area contributed by atoms with E-state index in [0.29, 0.717) is 17.5 Å². The Labute approximate surface area is 188 Å². The Balaban J connectivity index is 3.59. The minimum absolute atomic E-state index is 0.335. The summed E-state index contributed by atoms with van der Waals surface area (Å²) in [5.41, 5.74) is 0. The van der Waals surface area contributed by atoms with Gasteiger partial charge in [0.25, 0.3) is 0 Å². The van der Waals surface area contributed by atoms with Gasteiger partial charge in [-0.15, -0.1) is 0 Å². The van der Waals surface area contributed by atoms with Crippen LogP contribution in [0.5, 0.6) is 0 Å². The van der Waals surface area contributed by atoms with Crippen molar-refractivity contribution in [2.24, 2.45) is 0 Å². The van der Waals surface area contributed by atoms with Gasteiger partial charge in [0.05, 0.1) is 27.7 Å². The summed E-state index contributed by atoms with van der Waals surface area (Å²) in [5.74, 6) is -0.335. The summed E-state index contributed by atoms with van der Waals surface area (Å²) in [4.78, 5) is 10.4. The van der Waals surface area contributed by atoms with Gasteiger partial charge in [-0.05, 0) is 38.5 Å². The minimum atomic E-state index is -3.56. The summed E-state index contributed by atoms with van der Waals surface area (Å²) < 4.78 is 18.6. The molecule has 0 aromatic carbocycles. The Bertz CT molecular complexity index is 460. The second-order valence-corrected chi connectivity index (χ2v) is 11.7. The molecule has 5 heteroatoms. The van der Waals surface area contributed by atoms with E-state index in [0.717, 1.165) is 19.3 Å². The molecule has 0 aliphatic rings. The normalized spacial score (nSPS) is 15.5. The van der Waals surface area contributed by atoms with Gasteiger partial charge in [0.15, 0.2) is 5.78 Å². The largest absolute Gasteiger partial charge is 0.385 e. The van der Waals surface area contributed by atoms with E-state index < -0.39 is 7.60 Å². The maximum Gasteiger partial charge on any atom is 0.385 e. The van der Waals surface area contributed by atoms with E-state index in [-0.39, 0.29) is 5.78 Å². The summed E-state index contributed by atoms with van der Waals surface area (Å²) in [6, 6.07) is 0. The monoisotopic (exact) mass is 446 g/mol. The van der Waals surface area contributed by atoms with Gasteiger partial charge in [0.1, 0.15) is 0 Å². The molecule has 30 heavy (non-hydrogen) atoms.